The zero-order valence-corrected chi connectivity index (χ0v) is 21.7. The molecule has 4 rings (SSSR count). The van der Waals surface area contributed by atoms with E-state index >= 15 is 0 Å². The van der Waals surface area contributed by atoms with Crippen molar-refractivity contribution in [3.63, 3.8) is 0 Å². The summed E-state index contributed by atoms with van der Waals surface area (Å²) < 4.78 is 0. The minimum atomic E-state index is -0.230. The number of carbonyl (C=O) groups excluding carboxylic acids is 2. The molecule has 34 heavy (non-hydrogen) atoms. The summed E-state index contributed by atoms with van der Waals surface area (Å²) in [5.41, 5.74) is 3.85. The van der Waals surface area contributed by atoms with Crippen LogP contribution in [0.15, 0.2) is 53.9 Å². The first kappa shape index (κ1) is 24.8. The molecule has 4 nitrogen and oxygen atoms in total. The molecule has 1 aliphatic heterocycles. The van der Waals surface area contributed by atoms with Gasteiger partial charge in [0.2, 0.25) is 5.91 Å². The average molecular weight is 516 g/mol. The number of benzene rings is 2. The molecule has 1 unspecified atom stereocenters. The largest absolute Gasteiger partial charge is 0.330 e. The maximum atomic E-state index is 13.7. The van der Waals surface area contributed by atoms with E-state index in [1.807, 2.05) is 4.90 Å². The van der Waals surface area contributed by atoms with Gasteiger partial charge in [-0.15, -0.1) is 11.3 Å². The molecular formula is C27H28Cl2N2O2S. The lowest BCUT2D eigenvalue weighted by Gasteiger charge is -2.37. The highest BCUT2D eigenvalue weighted by Gasteiger charge is 2.34. The van der Waals surface area contributed by atoms with E-state index in [-0.39, 0.29) is 24.4 Å². The average Bonchev–Trinajstić information content (AvgIpc) is 3.29. The van der Waals surface area contributed by atoms with E-state index in [1.165, 1.54) is 16.0 Å². The maximum Gasteiger partial charge on any atom is 0.254 e. The van der Waals surface area contributed by atoms with Crippen molar-refractivity contribution in [2.75, 3.05) is 19.6 Å². The molecule has 0 fully saturated rings. The number of carbonyl (C=O) groups is 2. The second kappa shape index (κ2) is 10.9. The van der Waals surface area contributed by atoms with Crippen LogP contribution >= 0.6 is 34.5 Å². The molecule has 0 N–H and O–H groups in total. The summed E-state index contributed by atoms with van der Waals surface area (Å²) in [6, 6.07) is 15.1. The molecule has 178 valence electrons. The second-order valence-corrected chi connectivity index (χ2v) is 10.6. The summed E-state index contributed by atoms with van der Waals surface area (Å²) in [5.74, 6) is -0.286. The van der Waals surface area contributed by atoms with Crippen LogP contribution in [-0.2, 0) is 11.2 Å². The molecule has 0 aliphatic carbocycles. The van der Waals surface area contributed by atoms with Gasteiger partial charge in [-0.2, -0.15) is 0 Å². The number of fused-ring (bicyclic) bond motifs is 1. The first-order valence-corrected chi connectivity index (χ1v) is 13.2. The highest BCUT2D eigenvalue weighted by molar-refractivity contribution is 7.10. The van der Waals surface area contributed by atoms with Crippen molar-refractivity contribution < 1.29 is 9.59 Å². The second-order valence-electron chi connectivity index (χ2n) is 8.69. The van der Waals surface area contributed by atoms with Gasteiger partial charge >= 0.3 is 0 Å². The predicted octanol–water partition coefficient (Wildman–Crippen LogP) is 6.78. The molecule has 2 amide bonds. The van der Waals surface area contributed by atoms with E-state index in [1.54, 1.807) is 34.4 Å². The predicted molar refractivity (Wildman–Crippen MR) is 140 cm³/mol. The number of nitrogens with zero attached hydrogens (tertiary/aromatic N) is 2. The summed E-state index contributed by atoms with van der Waals surface area (Å²) in [6.45, 7) is 5.27. The zero-order chi connectivity index (χ0) is 24.2. The highest BCUT2D eigenvalue weighted by Crippen LogP contribution is 2.38. The molecular weight excluding hydrogens is 487 g/mol. The quantitative estimate of drug-likeness (QED) is 0.348. The summed E-state index contributed by atoms with van der Waals surface area (Å²) >= 11 is 14.0. The lowest BCUT2D eigenvalue weighted by Crippen LogP contribution is -2.47. The summed E-state index contributed by atoms with van der Waals surface area (Å²) in [4.78, 5) is 31.9. The fraction of sp³-hybridized carbons (Fsp3) is 0.333. The fourth-order valence-corrected chi connectivity index (χ4v) is 5.84. The van der Waals surface area contributed by atoms with Gasteiger partial charge < -0.3 is 9.80 Å². The molecule has 0 saturated heterocycles. The van der Waals surface area contributed by atoms with Crippen LogP contribution in [0.1, 0.15) is 57.7 Å². The van der Waals surface area contributed by atoms with Gasteiger partial charge in [0, 0.05) is 33.6 Å². The number of rotatable bonds is 7. The SMILES string of the molecule is CCCCN(CC(=O)N1CCc2sccc2C1c1ccc(C)cc1)C(=O)c1cc(Cl)cc(Cl)c1. The summed E-state index contributed by atoms with van der Waals surface area (Å²) in [5, 5.41) is 2.90. The van der Waals surface area contributed by atoms with Crippen molar-refractivity contribution in [1.82, 2.24) is 9.80 Å². The van der Waals surface area contributed by atoms with E-state index in [4.69, 9.17) is 23.2 Å². The van der Waals surface area contributed by atoms with Crippen molar-refractivity contribution in [2.45, 2.75) is 39.2 Å². The van der Waals surface area contributed by atoms with Crippen molar-refractivity contribution in [3.05, 3.63) is 91.1 Å². The molecule has 2 heterocycles. The van der Waals surface area contributed by atoms with E-state index in [0.29, 0.717) is 28.7 Å². The van der Waals surface area contributed by atoms with E-state index < -0.39 is 0 Å². The Morgan fingerprint density at radius 3 is 2.47 bits per heavy atom. The number of amides is 2. The van der Waals surface area contributed by atoms with Crippen LogP contribution in [0.4, 0.5) is 0 Å². The number of hydrogen-bond acceptors (Lipinski definition) is 3. The Labute approximate surface area is 215 Å². The normalized spacial score (nSPS) is 15.2. The monoisotopic (exact) mass is 514 g/mol. The lowest BCUT2D eigenvalue weighted by atomic mass is 9.92. The number of aryl methyl sites for hydroxylation is 1. The zero-order valence-electron chi connectivity index (χ0n) is 19.4. The van der Waals surface area contributed by atoms with Gasteiger partial charge in [0.15, 0.2) is 0 Å². The van der Waals surface area contributed by atoms with Crippen LogP contribution < -0.4 is 0 Å². The van der Waals surface area contributed by atoms with Crippen molar-refractivity contribution in [2.24, 2.45) is 0 Å². The van der Waals surface area contributed by atoms with Gasteiger partial charge in [-0.1, -0.05) is 66.4 Å². The fourth-order valence-electron chi connectivity index (χ4n) is 4.41. The maximum absolute atomic E-state index is 13.7. The molecule has 1 aliphatic rings. The lowest BCUT2D eigenvalue weighted by molar-refractivity contribution is -0.134. The van der Waals surface area contributed by atoms with Crippen LogP contribution in [-0.4, -0.2) is 41.2 Å². The van der Waals surface area contributed by atoms with Crippen LogP contribution in [0.5, 0.6) is 0 Å². The molecule has 0 spiro atoms. The third-order valence-electron chi connectivity index (χ3n) is 6.18. The van der Waals surface area contributed by atoms with Gasteiger partial charge in [-0.05, 0) is 60.5 Å². The topological polar surface area (TPSA) is 40.6 Å². The number of thiophene rings is 1. The van der Waals surface area contributed by atoms with Gasteiger partial charge in [0.1, 0.15) is 6.54 Å². The van der Waals surface area contributed by atoms with Crippen molar-refractivity contribution in [3.8, 4) is 0 Å². The first-order valence-electron chi connectivity index (χ1n) is 11.5. The Morgan fingerprint density at radius 1 is 1.09 bits per heavy atom. The Balaban J connectivity index is 1.62. The molecule has 2 aromatic carbocycles. The Hall–Kier alpha value is -2.34. The van der Waals surface area contributed by atoms with Crippen LogP contribution in [0.25, 0.3) is 0 Å². The highest BCUT2D eigenvalue weighted by atomic mass is 35.5. The molecule has 3 aromatic rings. The molecule has 7 heteroatoms. The van der Waals surface area contributed by atoms with Crippen molar-refractivity contribution in [1.29, 1.82) is 0 Å². The Bertz CT molecular complexity index is 1160. The third-order valence-corrected chi connectivity index (χ3v) is 7.62. The first-order chi connectivity index (χ1) is 16.4. The van der Waals surface area contributed by atoms with Crippen molar-refractivity contribution >= 4 is 46.4 Å². The standard InChI is InChI=1S/C27H28Cl2N2O2S/c1-3-4-11-30(27(33)20-14-21(28)16-22(29)15-20)17-25(32)31-12-9-24-23(10-13-34-24)26(31)19-7-5-18(2)6-8-19/h5-8,10,13-16,26H,3-4,9,11-12,17H2,1-2H3. The Morgan fingerprint density at radius 2 is 1.79 bits per heavy atom. The summed E-state index contributed by atoms with van der Waals surface area (Å²) in [6.07, 6.45) is 2.56. The van der Waals surface area contributed by atoms with Gasteiger partial charge in [-0.3, -0.25) is 9.59 Å². The molecule has 1 aromatic heterocycles. The van der Waals surface area contributed by atoms with Crippen LogP contribution in [0, 0.1) is 6.92 Å². The van der Waals surface area contributed by atoms with Gasteiger partial charge in [0.05, 0.1) is 6.04 Å². The smallest absolute Gasteiger partial charge is 0.254 e. The Kier molecular flexibility index (Phi) is 7.97. The number of unbranched alkanes of at least 4 members (excludes halogenated alkanes) is 1. The van der Waals surface area contributed by atoms with E-state index in [0.717, 1.165) is 24.8 Å². The molecule has 0 bridgehead atoms. The minimum absolute atomic E-state index is 0.0186. The number of halogens is 2. The minimum Gasteiger partial charge on any atom is -0.330 e. The molecule has 1 atom stereocenters. The van der Waals surface area contributed by atoms with E-state index in [9.17, 15) is 9.59 Å². The molecule has 0 radical (unpaired) electrons. The van der Waals surface area contributed by atoms with Crippen LogP contribution in [0.2, 0.25) is 10.0 Å². The molecule has 0 saturated carbocycles. The number of hydrogen-bond donors (Lipinski definition) is 0. The summed E-state index contributed by atoms with van der Waals surface area (Å²) in [7, 11) is 0. The third kappa shape index (κ3) is 5.48. The van der Waals surface area contributed by atoms with Crippen LogP contribution in [0.3, 0.4) is 0 Å². The van der Waals surface area contributed by atoms with Gasteiger partial charge in [0.25, 0.3) is 5.91 Å². The van der Waals surface area contributed by atoms with E-state index in [2.05, 4.69) is 49.6 Å². The van der Waals surface area contributed by atoms with Gasteiger partial charge in [-0.25, -0.2) is 0 Å².